The standard InChI is InChI=1S/C13H20N2O4S2/c1-10-11-6-9-20-12(11)4-8-15(10)21(17,18)14(2)7-5-13(16)19-3/h6,9-10H,4-5,7-8H2,1-3H3. The van der Waals surface area contributed by atoms with Gasteiger partial charge >= 0.3 is 5.97 Å². The summed E-state index contributed by atoms with van der Waals surface area (Å²) in [7, 11) is -0.785. The molecule has 1 atom stereocenters. The predicted molar refractivity (Wildman–Crippen MR) is 81.3 cm³/mol. The van der Waals surface area contributed by atoms with E-state index in [1.807, 2.05) is 18.4 Å². The predicted octanol–water partition coefficient (Wildman–Crippen LogP) is 1.41. The summed E-state index contributed by atoms with van der Waals surface area (Å²) in [5.41, 5.74) is 1.08. The molecule has 118 valence electrons. The monoisotopic (exact) mass is 332 g/mol. The molecule has 1 aliphatic rings. The summed E-state index contributed by atoms with van der Waals surface area (Å²) in [6.07, 6.45) is 0.791. The Labute approximate surface area is 129 Å². The number of hydrogen-bond acceptors (Lipinski definition) is 5. The smallest absolute Gasteiger partial charge is 0.306 e. The van der Waals surface area contributed by atoms with Crippen LogP contribution in [0.2, 0.25) is 0 Å². The van der Waals surface area contributed by atoms with Crippen molar-refractivity contribution in [2.45, 2.75) is 25.8 Å². The third-order valence-electron chi connectivity index (χ3n) is 3.77. The van der Waals surface area contributed by atoms with Gasteiger partial charge in [0.15, 0.2) is 0 Å². The second kappa shape index (κ2) is 6.43. The van der Waals surface area contributed by atoms with E-state index < -0.39 is 16.2 Å². The summed E-state index contributed by atoms with van der Waals surface area (Å²) in [6, 6.07) is 1.81. The molecule has 0 fully saturated rings. The molecule has 1 aromatic heterocycles. The molecule has 0 radical (unpaired) electrons. The highest BCUT2D eigenvalue weighted by atomic mass is 32.2. The Kier molecular flexibility index (Phi) is 5.03. The lowest BCUT2D eigenvalue weighted by molar-refractivity contribution is -0.140. The van der Waals surface area contributed by atoms with Gasteiger partial charge in [-0.2, -0.15) is 17.0 Å². The second-order valence-electron chi connectivity index (χ2n) is 4.99. The fourth-order valence-corrected chi connectivity index (χ4v) is 4.92. The van der Waals surface area contributed by atoms with E-state index >= 15 is 0 Å². The van der Waals surface area contributed by atoms with Crippen LogP contribution in [-0.4, -0.2) is 50.2 Å². The van der Waals surface area contributed by atoms with Crippen molar-refractivity contribution in [1.82, 2.24) is 8.61 Å². The maximum atomic E-state index is 12.6. The van der Waals surface area contributed by atoms with Crippen molar-refractivity contribution in [2.75, 3.05) is 27.2 Å². The Morgan fingerprint density at radius 2 is 2.29 bits per heavy atom. The van der Waals surface area contributed by atoms with Gasteiger partial charge in [0.25, 0.3) is 10.2 Å². The molecule has 21 heavy (non-hydrogen) atoms. The minimum atomic E-state index is -3.57. The van der Waals surface area contributed by atoms with Crippen molar-refractivity contribution in [1.29, 1.82) is 0 Å². The van der Waals surface area contributed by atoms with Gasteiger partial charge in [-0.05, 0) is 30.4 Å². The van der Waals surface area contributed by atoms with Crippen molar-refractivity contribution in [2.24, 2.45) is 0 Å². The molecule has 0 aliphatic carbocycles. The normalized spacial score (nSPS) is 19.5. The quantitative estimate of drug-likeness (QED) is 0.765. The molecule has 0 N–H and O–H groups in total. The zero-order valence-corrected chi connectivity index (χ0v) is 14.0. The molecule has 0 bridgehead atoms. The molecule has 1 aliphatic heterocycles. The Bertz CT molecular complexity index is 611. The molecule has 8 heteroatoms. The van der Waals surface area contributed by atoms with Gasteiger partial charge in [-0.1, -0.05) is 0 Å². The molecular weight excluding hydrogens is 312 g/mol. The van der Waals surface area contributed by atoms with Crippen LogP contribution < -0.4 is 0 Å². The number of fused-ring (bicyclic) bond motifs is 1. The molecule has 1 aromatic rings. The summed E-state index contributed by atoms with van der Waals surface area (Å²) in [4.78, 5) is 12.4. The number of nitrogens with zero attached hydrogens (tertiary/aromatic N) is 2. The number of carbonyl (C=O) groups excluding carboxylic acids is 1. The van der Waals surface area contributed by atoms with E-state index in [1.54, 1.807) is 11.3 Å². The van der Waals surface area contributed by atoms with Crippen LogP contribution in [0.5, 0.6) is 0 Å². The average Bonchev–Trinajstić information content (AvgIpc) is 2.93. The van der Waals surface area contributed by atoms with E-state index in [0.29, 0.717) is 6.54 Å². The van der Waals surface area contributed by atoms with E-state index in [1.165, 1.54) is 27.6 Å². The van der Waals surface area contributed by atoms with Crippen molar-refractivity contribution in [3.05, 3.63) is 21.9 Å². The minimum Gasteiger partial charge on any atom is -0.469 e. The number of rotatable bonds is 5. The van der Waals surface area contributed by atoms with E-state index in [2.05, 4.69) is 4.74 Å². The number of hydrogen-bond donors (Lipinski definition) is 0. The number of methoxy groups -OCH3 is 1. The highest BCUT2D eigenvalue weighted by Crippen LogP contribution is 2.34. The third kappa shape index (κ3) is 3.28. The number of esters is 1. The summed E-state index contributed by atoms with van der Waals surface area (Å²) >= 11 is 1.67. The van der Waals surface area contributed by atoms with Gasteiger partial charge in [0.1, 0.15) is 0 Å². The lowest BCUT2D eigenvalue weighted by atomic mass is 10.0. The van der Waals surface area contributed by atoms with Crippen LogP contribution in [0.1, 0.15) is 29.8 Å². The van der Waals surface area contributed by atoms with Gasteiger partial charge in [0.2, 0.25) is 0 Å². The Balaban J connectivity index is 2.11. The Morgan fingerprint density at radius 1 is 1.57 bits per heavy atom. The molecule has 0 saturated heterocycles. The first-order valence-corrected chi connectivity index (χ1v) is 9.01. The highest BCUT2D eigenvalue weighted by Gasteiger charge is 2.35. The SMILES string of the molecule is COC(=O)CCN(C)S(=O)(=O)N1CCc2sccc2C1C. The van der Waals surface area contributed by atoms with Crippen LogP contribution in [0, 0.1) is 0 Å². The van der Waals surface area contributed by atoms with Crippen molar-refractivity contribution < 1.29 is 17.9 Å². The van der Waals surface area contributed by atoms with E-state index in [0.717, 1.165) is 12.0 Å². The van der Waals surface area contributed by atoms with Crippen LogP contribution in [-0.2, 0) is 26.2 Å². The average molecular weight is 332 g/mol. The van der Waals surface area contributed by atoms with Crippen LogP contribution >= 0.6 is 11.3 Å². The number of carbonyl (C=O) groups is 1. The molecular formula is C13H20N2O4S2. The lowest BCUT2D eigenvalue weighted by Gasteiger charge is -2.35. The molecule has 0 spiro atoms. The van der Waals surface area contributed by atoms with Gasteiger partial charge in [0, 0.05) is 31.1 Å². The lowest BCUT2D eigenvalue weighted by Crippen LogP contribution is -2.46. The molecule has 2 rings (SSSR count). The third-order valence-corrected chi connectivity index (χ3v) is 6.83. The summed E-state index contributed by atoms with van der Waals surface area (Å²) in [6.45, 7) is 2.49. The minimum absolute atomic E-state index is 0.0537. The maximum Gasteiger partial charge on any atom is 0.306 e. The fourth-order valence-electron chi connectivity index (χ4n) is 2.45. The molecule has 2 heterocycles. The second-order valence-corrected chi connectivity index (χ2v) is 7.98. The maximum absolute atomic E-state index is 12.6. The molecule has 6 nitrogen and oxygen atoms in total. The van der Waals surface area contributed by atoms with Gasteiger partial charge in [-0.15, -0.1) is 11.3 Å². The Morgan fingerprint density at radius 3 is 2.95 bits per heavy atom. The zero-order valence-electron chi connectivity index (χ0n) is 12.4. The van der Waals surface area contributed by atoms with Gasteiger partial charge in [-0.3, -0.25) is 4.79 Å². The number of thiophene rings is 1. The van der Waals surface area contributed by atoms with E-state index in [4.69, 9.17) is 0 Å². The molecule has 0 saturated carbocycles. The van der Waals surface area contributed by atoms with Gasteiger partial charge in [0.05, 0.1) is 13.5 Å². The van der Waals surface area contributed by atoms with Gasteiger partial charge < -0.3 is 4.74 Å². The van der Waals surface area contributed by atoms with Crippen LogP contribution in [0.25, 0.3) is 0 Å². The molecule has 0 aromatic carbocycles. The summed E-state index contributed by atoms with van der Waals surface area (Å²) in [5.74, 6) is -0.413. The summed E-state index contributed by atoms with van der Waals surface area (Å²) in [5, 5.41) is 2.00. The number of ether oxygens (including phenoxy) is 1. The van der Waals surface area contributed by atoms with Crippen LogP contribution in [0.15, 0.2) is 11.4 Å². The van der Waals surface area contributed by atoms with Crippen molar-refractivity contribution >= 4 is 27.5 Å². The largest absolute Gasteiger partial charge is 0.469 e. The van der Waals surface area contributed by atoms with Crippen molar-refractivity contribution in [3.63, 3.8) is 0 Å². The first-order chi connectivity index (χ1) is 9.87. The van der Waals surface area contributed by atoms with Crippen LogP contribution in [0.3, 0.4) is 0 Å². The topological polar surface area (TPSA) is 66.9 Å². The highest BCUT2D eigenvalue weighted by molar-refractivity contribution is 7.86. The Hall–Kier alpha value is -0.960. The van der Waals surface area contributed by atoms with Crippen LogP contribution in [0.4, 0.5) is 0 Å². The first kappa shape index (κ1) is 16.4. The molecule has 0 amide bonds. The molecule has 1 unspecified atom stereocenters. The summed E-state index contributed by atoms with van der Waals surface area (Å²) < 4.78 is 32.5. The van der Waals surface area contributed by atoms with E-state index in [9.17, 15) is 13.2 Å². The first-order valence-electron chi connectivity index (χ1n) is 6.74. The van der Waals surface area contributed by atoms with Crippen molar-refractivity contribution in [3.8, 4) is 0 Å². The van der Waals surface area contributed by atoms with E-state index in [-0.39, 0.29) is 19.0 Å². The van der Waals surface area contributed by atoms with Gasteiger partial charge in [-0.25, -0.2) is 0 Å². The zero-order chi connectivity index (χ0) is 15.6. The fraction of sp³-hybridized carbons (Fsp3) is 0.615.